The number of halogens is 1. The van der Waals surface area contributed by atoms with Crippen molar-refractivity contribution in [1.29, 1.82) is 0 Å². The summed E-state index contributed by atoms with van der Waals surface area (Å²) in [6.45, 7) is 7.23. The SMILES string of the molecule is CCN1CCN(c2ccc(-c3cnc4ccc(/C=C5\SC(=O)NC5=O)nn34)cc2Cl)CC1. The first-order chi connectivity index (χ1) is 15.5. The summed E-state index contributed by atoms with van der Waals surface area (Å²) in [6.07, 6.45) is 3.35. The number of imide groups is 1. The third-order valence-electron chi connectivity index (χ3n) is 5.71. The van der Waals surface area contributed by atoms with Gasteiger partial charge in [0.2, 0.25) is 0 Å². The highest BCUT2D eigenvalue weighted by molar-refractivity contribution is 8.18. The van der Waals surface area contributed by atoms with Crippen LogP contribution < -0.4 is 10.2 Å². The number of fused-ring (bicyclic) bond motifs is 1. The molecule has 0 atom stereocenters. The maximum absolute atomic E-state index is 11.8. The Bertz CT molecular complexity index is 1250. The lowest BCUT2D eigenvalue weighted by atomic mass is 10.1. The third-order valence-corrected chi connectivity index (χ3v) is 6.82. The van der Waals surface area contributed by atoms with E-state index in [4.69, 9.17) is 11.6 Å². The van der Waals surface area contributed by atoms with E-state index in [2.05, 4.69) is 38.2 Å². The molecule has 1 aromatic carbocycles. The molecular formula is C22H21ClN6O2S. The molecule has 164 valence electrons. The van der Waals surface area contributed by atoms with Gasteiger partial charge >= 0.3 is 0 Å². The number of imidazole rings is 1. The lowest BCUT2D eigenvalue weighted by Gasteiger charge is -2.36. The van der Waals surface area contributed by atoms with Crippen LogP contribution in [0.15, 0.2) is 41.4 Å². The lowest BCUT2D eigenvalue weighted by molar-refractivity contribution is -0.115. The predicted octanol–water partition coefficient (Wildman–Crippen LogP) is 3.52. The van der Waals surface area contributed by atoms with Crippen molar-refractivity contribution in [1.82, 2.24) is 24.8 Å². The van der Waals surface area contributed by atoms with E-state index in [0.717, 1.165) is 61.4 Å². The first-order valence-corrected chi connectivity index (χ1v) is 11.6. The summed E-state index contributed by atoms with van der Waals surface area (Å²) in [5.74, 6) is -0.408. The molecule has 3 aromatic rings. The molecule has 0 unspecified atom stereocenters. The molecule has 2 aromatic heterocycles. The summed E-state index contributed by atoms with van der Waals surface area (Å²) >= 11 is 7.55. The monoisotopic (exact) mass is 468 g/mol. The minimum absolute atomic E-state index is 0.319. The Balaban J connectivity index is 1.44. The summed E-state index contributed by atoms with van der Waals surface area (Å²) < 4.78 is 1.72. The Labute approximate surface area is 194 Å². The zero-order chi connectivity index (χ0) is 22.2. The number of anilines is 1. The zero-order valence-corrected chi connectivity index (χ0v) is 19.0. The van der Waals surface area contributed by atoms with Crippen LogP contribution in [0.4, 0.5) is 10.5 Å². The van der Waals surface area contributed by atoms with Gasteiger partial charge in [0.1, 0.15) is 0 Å². The van der Waals surface area contributed by atoms with E-state index in [0.29, 0.717) is 21.3 Å². The van der Waals surface area contributed by atoms with Gasteiger partial charge in [-0.2, -0.15) is 5.10 Å². The fourth-order valence-corrected chi connectivity index (χ4v) is 4.91. The van der Waals surface area contributed by atoms with Gasteiger partial charge in [0.15, 0.2) is 5.65 Å². The molecule has 4 heterocycles. The number of nitrogens with one attached hydrogen (secondary N) is 1. The molecule has 0 radical (unpaired) electrons. The summed E-state index contributed by atoms with van der Waals surface area (Å²) in [6, 6.07) is 9.61. The van der Waals surface area contributed by atoms with Crippen molar-refractivity contribution < 1.29 is 9.59 Å². The van der Waals surface area contributed by atoms with Crippen molar-refractivity contribution in [2.45, 2.75) is 6.92 Å². The Morgan fingerprint density at radius 1 is 1.16 bits per heavy atom. The van der Waals surface area contributed by atoms with Gasteiger partial charge < -0.3 is 9.80 Å². The number of thioether (sulfide) groups is 1. The topological polar surface area (TPSA) is 82.8 Å². The molecule has 32 heavy (non-hydrogen) atoms. The van der Waals surface area contributed by atoms with Crippen molar-refractivity contribution in [2.24, 2.45) is 0 Å². The zero-order valence-electron chi connectivity index (χ0n) is 17.4. The minimum Gasteiger partial charge on any atom is -0.368 e. The number of piperazine rings is 1. The average Bonchev–Trinajstić information content (AvgIpc) is 3.35. The van der Waals surface area contributed by atoms with Crippen LogP contribution in [0.3, 0.4) is 0 Å². The number of nitrogens with zero attached hydrogens (tertiary/aromatic N) is 5. The van der Waals surface area contributed by atoms with Crippen LogP contribution in [0.2, 0.25) is 5.02 Å². The van der Waals surface area contributed by atoms with Crippen LogP contribution in [-0.4, -0.2) is 63.4 Å². The fraction of sp³-hybridized carbons (Fsp3) is 0.273. The molecule has 0 bridgehead atoms. The minimum atomic E-state index is -0.408. The molecule has 2 aliphatic rings. The Morgan fingerprint density at radius 3 is 2.66 bits per heavy atom. The molecule has 2 aliphatic heterocycles. The molecular weight excluding hydrogens is 448 g/mol. The first-order valence-electron chi connectivity index (χ1n) is 10.4. The Morgan fingerprint density at radius 2 is 1.97 bits per heavy atom. The number of rotatable bonds is 4. The smallest absolute Gasteiger partial charge is 0.290 e. The van der Waals surface area contributed by atoms with E-state index in [1.54, 1.807) is 22.9 Å². The van der Waals surface area contributed by atoms with Gasteiger partial charge in [-0.25, -0.2) is 9.50 Å². The Hall–Kier alpha value is -2.88. The number of benzene rings is 1. The van der Waals surface area contributed by atoms with Gasteiger partial charge in [-0.15, -0.1) is 0 Å². The predicted molar refractivity (Wildman–Crippen MR) is 127 cm³/mol. The number of aromatic nitrogens is 3. The van der Waals surface area contributed by atoms with Crippen molar-refractivity contribution in [3.05, 3.63) is 52.2 Å². The van der Waals surface area contributed by atoms with Crippen LogP contribution in [0.1, 0.15) is 12.6 Å². The van der Waals surface area contributed by atoms with E-state index in [-0.39, 0.29) is 5.24 Å². The van der Waals surface area contributed by atoms with Crippen LogP contribution >= 0.6 is 23.4 Å². The van der Waals surface area contributed by atoms with Crippen molar-refractivity contribution in [3.8, 4) is 11.3 Å². The number of amides is 2. The van der Waals surface area contributed by atoms with E-state index in [1.807, 2.05) is 18.2 Å². The molecule has 2 amide bonds. The summed E-state index contributed by atoms with van der Waals surface area (Å²) in [4.78, 5) is 32.7. The van der Waals surface area contributed by atoms with Gasteiger partial charge in [-0.3, -0.25) is 14.9 Å². The van der Waals surface area contributed by atoms with Gasteiger partial charge in [-0.1, -0.05) is 24.6 Å². The van der Waals surface area contributed by atoms with Crippen LogP contribution in [-0.2, 0) is 4.79 Å². The van der Waals surface area contributed by atoms with Crippen LogP contribution in [0.25, 0.3) is 23.0 Å². The molecule has 0 spiro atoms. The highest BCUT2D eigenvalue weighted by Gasteiger charge is 2.25. The van der Waals surface area contributed by atoms with E-state index >= 15 is 0 Å². The Kier molecular flexibility index (Phi) is 5.62. The first kappa shape index (κ1) is 21.0. The van der Waals surface area contributed by atoms with Gasteiger partial charge in [0.05, 0.1) is 33.2 Å². The number of likely N-dealkylation sites (N-methyl/N-ethyl adjacent to an activating group) is 1. The average molecular weight is 469 g/mol. The normalized spacial score (nSPS) is 18.7. The second kappa shape index (κ2) is 8.57. The summed E-state index contributed by atoms with van der Waals surface area (Å²) in [5.41, 5.74) is 3.97. The van der Waals surface area contributed by atoms with Crippen molar-refractivity contribution in [3.63, 3.8) is 0 Å². The molecule has 0 saturated carbocycles. The summed E-state index contributed by atoms with van der Waals surface area (Å²) in [5, 5.41) is 7.17. The summed E-state index contributed by atoms with van der Waals surface area (Å²) in [7, 11) is 0. The van der Waals surface area contributed by atoms with E-state index in [9.17, 15) is 9.59 Å². The number of hydrogen-bond donors (Lipinski definition) is 1. The highest BCUT2D eigenvalue weighted by atomic mass is 35.5. The van der Waals surface area contributed by atoms with Crippen molar-refractivity contribution >= 4 is 51.9 Å². The number of carbonyl (C=O) groups is 2. The molecule has 1 N–H and O–H groups in total. The van der Waals surface area contributed by atoms with E-state index in [1.165, 1.54) is 0 Å². The fourth-order valence-electron chi connectivity index (χ4n) is 3.94. The number of hydrogen-bond acceptors (Lipinski definition) is 7. The maximum Gasteiger partial charge on any atom is 0.290 e. The van der Waals surface area contributed by atoms with Crippen molar-refractivity contribution in [2.75, 3.05) is 37.6 Å². The third kappa shape index (κ3) is 3.99. The van der Waals surface area contributed by atoms with Crippen LogP contribution in [0, 0.1) is 0 Å². The second-order valence-electron chi connectivity index (χ2n) is 7.61. The quantitative estimate of drug-likeness (QED) is 0.586. The van der Waals surface area contributed by atoms with Gasteiger partial charge in [0.25, 0.3) is 11.1 Å². The van der Waals surface area contributed by atoms with E-state index < -0.39 is 5.91 Å². The van der Waals surface area contributed by atoms with Gasteiger partial charge in [-0.05, 0) is 48.6 Å². The molecule has 8 nitrogen and oxygen atoms in total. The molecule has 5 rings (SSSR count). The lowest BCUT2D eigenvalue weighted by Crippen LogP contribution is -2.46. The molecule has 10 heteroatoms. The number of carbonyl (C=O) groups excluding carboxylic acids is 2. The van der Waals surface area contributed by atoms with Crippen LogP contribution in [0.5, 0.6) is 0 Å². The second-order valence-corrected chi connectivity index (χ2v) is 9.03. The standard InChI is InChI=1S/C22H21ClN6O2S/c1-2-27-7-9-28(10-8-27)17-5-3-14(11-16(17)23)18-13-24-20-6-4-15(26-29(18)20)12-19-21(30)25-22(31)32-19/h3-6,11-13H,2,7-10H2,1H3,(H,25,30,31)/b19-12-. The van der Waals surface area contributed by atoms with Gasteiger partial charge in [0, 0.05) is 31.7 Å². The highest BCUT2D eigenvalue weighted by Crippen LogP contribution is 2.32. The largest absolute Gasteiger partial charge is 0.368 e. The molecule has 0 aliphatic carbocycles. The molecule has 2 saturated heterocycles. The maximum atomic E-state index is 11.8. The molecule has 2 fully saturated rings.